The molecule has 2 nitrogen and oxygen atoms in total. The average molecular weight is 356 g/mol. The molecular formula is C13H12Br2N2. The second-order valence-corrected chi connectivity index (χ2v) is 5.71. The summed E-state index contributed by atoms with van der Waals surface area (Å²) in [5.41, 5.74) is 3.49. The van der Waals surface area contributed by atoms with Gasteiger partial charge < -0.3 is 5.32 Å². The third-order valence-electron chi connectivity index (χ3n) is 2.30. The van der Waals surface area contributed by atoms with E-state index in [1.165, 1.54) is 5.56 Å². The largest absolute Gasteiger partial charge is 0.381 e. The molecule has 0 aliphatic heterocycles. The molecule has 0 radical (unpaired) electrons. The van der Waals surface area contributed by atoms with Gasteiger partial charge in [0.1, 0.15) is 0 Å². The van der Waals surface area contributed by atoms with Crippen molar-refractivity contribution in [3.8, 4) is 0 Å². The lowest BCUT2D eigenvalue weighted by Gasteiger charge is -2.08. The molecule has 4 heteroatoms. The van der Waals surface area contributed by atoms with Crippen LogP contribution in [0.1, 0.15) is 11.1 Å². The highest BCUT2D eigenvalue weighted by Gasteiger charge is 1.98. The maximum Gasteiger partial charge on any atom is 0.0416 e. The van der Waals surface area contributed by atoms with Crippen molar-refractivity contribution in [2.24, 2.45) is 0 Å². The summed E-state index contributed by atoms with van der Waals surface area (Å²) in [6.45, 7) is 2.85. The molecule has 2 aromatic rings. The second kappa shape index (κ2) is 5.65. The molecule has 17 heavy (non-hydrogen) atoms. The topological polar surface area (TPSA) is 24.9 Å². The SMILES string of the molecule is Cc1cc(Br)cc(NCc2cncc(Br)c2)c1. The highest BCUT2D eigenvalue weighted by atomic mass is 79.9. The Morgan fingerprint density at radius 1 is 1.06 bits per heavy atom. The number of hydrogen-bond acceptors (Lipinski definition) is 2. The fourth-order valence-corrected chi connectivity index (χ4v) is 2.62. The van der Waals surface area contributed by atoms with Crippen LogP contribution >= 0.6 is 31.9 Å². The first kappa shape index (κ1) is 12.6. The first-order valence-electron chi connectivity index (χ1n) is 5.24. The van der Waals surface area contributed by atoms with E-state index in [1.54, 1.807) is 6.20 Å². The number of nitrogens with zero attached hydrogens (tertiary/aromatic N) is 1. The highest BCUT2D eigenvalue weighted by molar-refractivity contribution is 9.10. The van der Waals surface area contributed by atoms with Crippen LogP contribution in [0.5, 0.6) is 0 Å². The van der Waals surface area contributed by atoms with Crippen molar-refractivity contribution >= 4 is 37.5 Å². The van der Waals surface area contributed by atoms with Crippen LogP contribution in [0.3, 0.4) is 0 Å². The Bertz CT molecular complexity index is 506. The van der Waals surface area contributed by atoms with Crippen LogP contribution in [0, 0.1) is 6.92 Å². The standard InChI is InChI=1S/C13H12Br2N2/c1-9-2-11(14)5-13(3-9)17-7-10-4-12(15)8-16-6-10/h2-6,8,17H,7H2,1H3. The minimum absolute atomic E-state index is 0.766. The third-order valence-corrected chi connectivity index (χ3v) is 3.19. The number of halogens is 2. The summed E-state index contributed by atoms with van der Waals surface area (Å²) in [6.07, 6.45) is 3.65. The van der Waals surface area contributed by atoms with Gasteiger partial charge in [-0.25, -0.2) is 0 Å². The number of benzene rings is 1. The second-order valence-electron chi connectivity index (χ2n) is 3.88. The van der Waals surface area contributed by atoms with Crippen molar-refractivity contribution in [1.82, 2.24) is 4.98 Å². The van der Waals surface area contributed by atoms with Crippen LogP contribution in [-0.4, -0.2) is 4.98 Å². The lowest BCUT2D eigenvalue weighted by Crippen LogP contribution is -2.00. The van der Waals surface area contributed by atoms with E-state index in [0.29, 0.717) is 0 Å². The van der Waals surface area contributed by atoms with Gasteiger partial charge in [0.25, 0.3) is 0 Å². The molecule has 0 amide bonds. The Morgan fingerprint density at radius 2 is 1.88 bits per heavy atom. The average Bonchev–Trinajstić information content (AvgIpc) is 2.25. The molecule has 2 rings (SSSR count). The summed E-state index contributed by atoms with van der Waals surface area (Å²) < 4.78 is 2.09. The Balaban J connectivity index is 2.07. The first-order chi connectivity index (χ1) is 8.13. The van der Waals surface area contributed by atoms with Crippen molar-refractivity contribution in [2.45, 2.75) is 13.5 Å². The van der Waals surface area contributed by atoms with Crippen LogP contribution in [0.25, 0.3) is 0 Å². The number of rotatable bonds is 3. The zero-order chi connectivity index (χ0) is 12.3. The van der Waals surface area contributed by atoms with Gasteiger partial charge in [0.05, 0.1) is 0 Å². The lowest BCUT2D eigenvalue weighted by molar-refractivity contribution is 1.10. The molecule has 0 saturated heterocycles. The number of pyridine rings is 1. The van der Waals surface area contributed by atoms with E-state index in [-0.39, 0.29) is 0 Å². The molecule has 1 N–H and O–H groups in total. The van der Waals surface area contributed by atoms with Gasteiger partial charge in [0.2, 0.25) is 0 Å². The summed E-state index contributed by atoms with van der Waals surface area (Å²) in [4.78, 5) is 4.14. The molecule has 0 aliphatic carbocycles. The molecule has 1 aromatic carbocycles. The Kier molecular flexibility index (Phi) is 4.18. The van der Waals surface area contributed by atoms with Crippen molar-refractivity contribution in [2.75, 3.05) is 5.32 Å². The Labute approximate surface area is 118 Å². The third kappa shape index (κ3) is 3.82. The minimum atomic E-state index is 0.766. The van der Waals surface area contributed by atoms with Crippen LogP contribution in [0.2, 0.25) is 0 Å². The van der Waals surface area contributed by atoms with E-state index in [2.05, 4.69) is 73.3 Å². The zero-order valence-corrected chi connectivity index (χ0v) is 12.5. The van der Waals surface area contributed by atoms with Crippen molar-refractivity contribution < 1.29 is 0 Å². The van der Waals surface area contributed by atoms with Gasteiger partial charge in [-0.3, -0.25) is 4.98 Å². The summed E-state index contributed by atoms with van der Waals surface area (Å²) in [5, 5.41) is 3.38. The number of hydrogen-bond donors (Lipinski definition) is 1. The molecule has 0 saturated carbocycles. The summed E-state index contributed by atoms with van der Waals surface area (Å²) in [5.74, 6) is 0. The fourth-order valence-electron chi connectivity index (χ4n) is 1.60. The van der Waals surface area contributed by atoms with E-state index >= 15 is 0 Å². The maximum absolute atomic E-state index is 4.14. The van der Waals surface area contributed by atoms with Gasteiger partial charge in [-0.1, -0.05) is 15.9 Å². The lowest BCUT2D eigenvalue weighted by atomic mass is 10.2. The molecule has 0 unspecified atom stereocenters. The number of nitrogens with one attached hydrogen (secondary N) is 1. The molecule has 1 heterocycles. The predicted molar refractivity (Wildman–Crippen MR) is 78.1 cm³/mol. The minimum Gasteiger partial charge on any atom is -0.381 e. The molecule has 88 valence electrons. The molecule has 0 atom stereocenters. The van der Waals surface area contributed by atoms with Crippen LogP contribution < -0.4 is 5.32 Å². The fraction of sp³-hybridized carbons (Fsp3) is 0.154. The maximum atomic E-state index is 4.14. The summed E-state index contributed by atoms with van der Waals surface area (Å²) >= 11 is 6.90. The van der Waals surface area contributed by atoms with Gasteiger partial charge in [-0.05, 0) is 58.2 Å². The first-order valence-corrected chi connectivity index (χ1v) is 6.82. The zero-order valence-electron chi connectivity index (χ0n) is 9.37. The van der Waals surface area contributed by atoms with Gasteiger partial charge in [-0.2, -0.15) is 0 Å². The van der Waals surface area contributed by atoms with E-state index < -0.39 is 0 Å². The summed E-state index contributed by atoms with van der Waals surface area (Å²) in [7, 11) is 0. The molecular weight excluding hydrogens is 344 g/mol. The van der Waals surface area contributed by atoms with Crippen molar-refractivity contribution in [3.05, 3.63) is 56.7 Å². The van der Waals surface area contributed by atoms with Crippen molar-refractivity contribution in [3.63, 3.8) is 0 Å². The van der Waals surface area contributed by atoms with Gasteiger partial charge in [0.15, 0.2) is 0 Å². The molecule has 0 spiro atoms. The summed E-state index contributed by atoms with van der Waals surface area (Å²) in [6, 6.07) is 8.34. The molecule has 1 aromatic heterocycles. The van der Waals surface area contributed by atoms with Gasteiger partial charge in [-0.15, -0.1) is 0 Å². The van der Waals surface area contributed by atoms with Crippen LogP contribution in [0.15, 0.2) is 45.6 Å². The van der Waals surface area contributed by atoms with Gasteiger partial charge in [0, 0.05) is 33.6 Å². The molecule has 0 aliphatic rings. The van der Waals surface area contributed by atoms with Crippen LogP contribution in [0.4, 0.5) is 5.69 Å². The van der Waals surface area contributed by atoms with E-state index in [4.69, 9.17) is 0 Å². The highest BCUT2D eigenvalue weighted by Crippen LogP contribution is 2.20. The predicted octanol–water partition coefficient (Wildman–Crippen LogP) is 4.53. The number of aromatic nitrogens is 1. The van der Waals surface area contributed by atoms with Gasteiger partial charge >= 0.3 is 0 Å². The van der Waals surface area contributed by atoms with E-state index in [9.17, 15) is 0 Å². The normalized spacial score (nSPS) is 10.3. The number of aryl methyl sites for hydroxylation is 1. The Hall–Kier alpha value is -0.870. The quantitative estimate of drug-likeness (QED) is 0.875. The molecule has 0 fully saturated rings. The monoisotopic (exact) mass is 354 g/mol. The molecule has 0 bridgehead atoms. The number of anilines is 1. The van der Waals surface area contributed by atoms with Crippen molar-refractivity contribution in [1.29, 1.82) is 0 Å². The Morgan fingerprint density at radius 3 is 2.59 bits per heavy atom. The van der Waals surface area contributed by atoms with E-state index in [1.807, 2.05) is 6.20 Å². The van der Waals surface area contributed by atoms with E-state index in [0.717, 1.165) is 26.7 Å². The van der Waals surface area contributed by atoms with Crippen LogP contribution in [-0.2, 0) is 6.54 Å². The smallest absolute Gasteiger partial charge is 0.0416 e.